The van der Waals surface area contributed by atoms with Crippen molar-refractivity contribution in [2.45, 2.75) is 26.0 Å². The molecule has 0 spiro atoms. The first-order chi connectivity index (χ1) is 8.06. The predicted molar refractivity (Wildman–Crippen MR) is 65.3 cm³/mol. The number of hydrogen-bond donors (Lipinski definition) is 3. The molecule has 3 N–H and O–H groups in total. The van der Waals surface area contributed by atoms with Crippen LogP contribution in [0, 0.1) is 5.92 Å². The first-order valence-electron chi connectivity index (χ1n) is 5.70. The molecule has 2 unspecified atom stereocenters. The Morgan fingerprint density at radius 3 is 2.35 bits per heavy atom. The summed E-state index contributed by atoms with van der Waals surface area (Å²) in [6.45, 7) is 3.23. The standard InChI is InChI=1S/C13H19NO3/c1-9(2)13(17)14-11(8-15)12(16)10-6-4-3-5-7-10/h3-7,9,11-12,15-16H,8H2,1-2H3,(H,14,17). The molecule has 0 aliphatic rings. The largest absolute Gasteiger partial charge is 0.394 e. The van der Waals surface area contributed by atoms with E-state index >= 15 is 0 Å². The van der Waals surface area contributed by atoms with Crippen LogP contribution in [0.4, 0.5) is 0 Å². The van der Waals surface area contributed by atoms with Crippen molar-refractivity contribution in [3.05, 3.63) is 35.9 Å². The molecule has 1 amide bonds. The lowest BCUT2D eigenvalue weighted by atomic mass is 10.0. The van der Waals surface area contributed by atoms with Crippen LogP contribution in [0.1, 0.15) is 25.5 Å². The van der Waals surface area contributed by atoms with Crippen molar-refractivity contribution in [1.82, 2.24) is 5.32 Å². The van der Waals surface area contributed by atoms with E-state index in [1.165, 1.54) is 0 Å². The Hall–Kier alpha value is -1.39. The quantitative estimate of drug-likeness (QED) is 0.711. The summed E-state index contributed by atoms with van der Waals surface area (Å²) in [5, 5.41) is 21.9. The molecule has 0 aliphatic heterocycles. The highest BCUT2D eigenvalue weighted by Gasteiger charge is 2.22. The van der Waals surface area contributed by atoms with Crippen molar-refractivity contribution in [2.75, 3.05) is 6.61 Å². The van der Waals surface area contributed by atoms with E-state index in [1.54, 1.807) is 38.1 Å². The van der Waals surface area contributed by atoms with Gasteiger partial charge in [0.2, 0.25) is 5.91 Å². The summed E-state index contributed by atoms with van der Waals surface area (Å²) >= 11 is 0. The van der Waals surface area contributed by atoms with Crippen LogP contribution in [0.5, 0.6) is 0 Å². The molecule has 1 aromatic carbocycles. The highest BCUT2D eigenvalue weighted by molar-refractivity contribution is 5.78. The van der Waals surface area contributed by atoms with Gasteiger partial charge in [-0.1, -0.05) is 44.2 Å². The van der Waals surface area contributed by atoms with Gasteiger partial charge in [-0.05, 0) is 5.56 Å². The Morgan fingerprint density at radius 2 is 1.88 bits per heavy atom. The number of aliphatic hydroxyl groups excluding tert-OH is 2. The Balaban J connectivity index is 2.71. The third kappa shape index (κ3) is 3.84. The van der Waals surface area contributed by atoms with Gasteiger partial charge in [-0.15, -0.1) is 0 Å². The normalized spacial score (nSPS) is 14.4. The van der Waals surface area contributed by atoms with Crippen LogP contribution in [0.15, 0.2) is 30.3 Å². The minimum atomic E-state index is -0.899. The zero-order valence-corrected chi connectivity index (χ0v) is 10.1. The van der Waals surface area contributed by atoms with Crippen molar-refractivity contribution < 1.29 is 15.0 Å². The van der Waals surface area contributed by atoms with Gasteiger partial charge in [0.05, 0.1) is 12.6 Å². The zero-order chi connectivity index (χ0) is 12.8. The van der Waals surface area contributed by atoms with E-state index in [2.05, 4.69) is 5.32 Å². The van der Waals surface area contributed by atoms with Gasteiger partial charge in [0.1, 0.15) is 6.10 Å². The second-order valence-corrected chi connectivity index (χ2v) is 4.31. The average Bonchev–Trinajstić information content (AvgIpc) is 2.35. The van der Waals surface area contributed by atoms with Crippen molar-refractivity contribution in [2.24, 2.45) is 5.92 Å². The second-order valence-electron chi connectivity index (χ2n) is 4.31. The lowest BCUT2D eigenvalue weighted by Gasteiger charge is -2.23. The Morgan fingerprint density at radius 1 is 1.29 bits per heavy atom. The fourth-order valence-electron chi connectivity index (χ4n) is 1.46. The predicted octanol–water partition coefficient (Wildman–Crippen LogP) is 0.853. The fraction of sp³-hybridized carbons (Fsp3) is 0.462. The van der Waals surface area contributed by atoms with Gasteiger partial charge in [0, 0.05) is 5.92 Å². The molecule has 0 saturated heterocycles. The van der Waals surface area contributed by atoms with Gasteiger partial charge in [0.25, 0.3) is 0 Å². The number of aliphatic hydroxyl groups is 2. The van der Waals surface area contributed by atoms with E-state index in [4.69, 9.17) is 0 Å². The van der Waals surface area contributed by atoms with E-state index in [0.29, 0.717) is 5.56 Å². The third-order valence-electron chi connectivity index (χ3n) is 2.57. The third-order valence-corrected chi connectivity index (χ3v) is 2.57. The van der Waals surface area contributed by atoms with Crippen molar-refractivity contribution in [3.63, 3.8) is 0 Å². The summed E-state index contributed by atoms with van der Waals surface area (Å²) < 4.78 is 0. The number of amides is 1. The van der Waals surface area contributed by atoms with Gasteiger partial charge in [-0.25, -0.2) is 0 Å². The molecule has 4 heteroatoms. The van der Waals surface area contributed by atoms with E-state index in [-0.39, 0.29) is 18.4 Å². The van der Waals surface area contributed by atoms with Crippen LogP contribution >= 0.6 is 0 Å². The van der Waals surface area contributed by atoms with Gasteiger partial charge in [0.15, 0.2) is 0 Å². The highest BCUT2D eigenvalue weighted by Crippen LogP contribution is 2.16. The molecule has 0 aliphatic carbocycles. The smallest absolute Gasteiger partial charge is 0.222 e. The SMILES string of the molecule is CC(C)C(=O)NC(CO)C(O)c1ccccc1. The Kier molecular flexibility index (Phi) is 5.12. The van der Waals surface area contributed by atoms with Crippen LogP contribution in [-0.4, -0.2) is 28.8 Å². The van der Waals surface area contributed by atoms with E-state index in [0.717, 1.165) is 0 Å². The molecule has 0 saturated carbocycles. The molecular formula is C13H19NO3. The topological polar surface area (TPSA) is 69.6 Å². The number of benzene rings is 1. The molecule has 0 fully saturated rings. The van der Waals surface area contributed by atoms with Crippen LogP contribution < -0.4 is 5.32 Å². The van der Waals surface area contributed by atoms with Gasteiger partial charge in [-0.3, -0.25) is 4.79 Å². The lowest BCUT2D eigenvalue weighted by molar-refractivity contribution is -0.126. The molecule has 0 aromatic heterocycles. The van der Waals surface area contributed by atoms with Gasteiger partial charge >= 0.3 is 0 Å². The summed E-state index contributed by atoms with van der Waals surface area (Å²) in [7, 11) is 0. The minimum absolute atomic E-state index is 0.174. The van der Waals surface area contributed by atoms with E-state index in [9.17, 15) is 15.0 Å². The van der Waals surface area contributed by atoms with Crippen LogP contribution in [0.25, 0.3) is 0 Å². The summed E-state index contributed by atoms with van der Waals surface area (Å²) in [4.78, 5) is 11.5. The number of hydrogen-bond acceptors (Lipinski definition) is 3. The number of carbonyl (C=O) groups is 1. The zero-order valence-electron chi connectivity index (χ0n) is 10.1. The van der Waals surface area contributed by atoms with Crippen molar-refractivity contribution >= 4 is 5.91 Å². The molecule has 2 atom stereocenters. The maximum Gasteiger partial charge on any atom is 0.222 e. The molecule has 4 nitrogen and oxygen atoms in total. The molecule has 0 radical (unpaired) electrons. The number of rotatable bonds is 5. The highest BCUT2D eigenvalue weighted by atomic mass is 16.3. The first kappa shape index (κ1) is 13.7. The van der Waals surface area contributed by atoms with Crippen LogP contribution in [0.2, 0.25) is 0 Å². The van der Waals surface area contributed by atoms with Gasteiger partial charge in [-0.2, -0.15) is 0 Å². The van der Waals surface area contributed by atoms with E-state index in [1.807, 2.05) is 6.07 Å². The molecule has 94 valence electrons. The monoisotopic (exact) mass is 237 g/mol. The molecule has 0 bridgehead atoms. The summed E-state index contributed by atoms with van der Waals surface area (Å²) in [6, 6.07) is 8.29. The number of carbonyl (C=O) groups excluding carboxylic acids is 1. The minimum Gasteiger partial charge on any atom is -0.394 e. The number of nitrogens with one attached hydrogen (secondary N) is 1. The summed E-state index contributed by atoms with van der Waals surface area (Å²) in [5.41, 5.74) is 0.676. The van der Waals surface area contributed by atoms with Crippen molar-refractivity contribution in [1.29, 1.82) is 0 Å². The molecule has 1 rings (SSSR count). The molecule has 17 heavy (non-hydrogen) atoms. The summed E-state index contributed by atoms with van der Waals surface area (Å²) in [6.07, 6.45) is -0.899. The molecular weight excluding hydrogens is 218 g/mol. The first-order valence-corrected chi connectivity index (χ1v) is 5.70. The Bertz CT molecular complexity index is 351. The maximum absolute atomic E-state index is 11.5. The average molecular weight is 237 g/mol. The van der Waals surface area contributed by atoms with E-state index < -0.39 is 12.1 Å². The van der Waals surface area contributed by atoms with Crippen molar-refractivity contribution in [3.8, 4) is 0 Å². The second kappa shape index (κ2) is 6.37. The lowest BCUT2D eigenvalue weighted by Crippen LogP contribution is -2.43. The van der Waals surface area contributed by atoms with Crippen LogP contribution in [-0.2, 0) is 4.79 Å². The fourth-order valence-corrected chi connectivity index (χ4v) is 1.46. The van der Waals surface area contributed by atoms with Gasteiger partial charge < -0.3 is 15.5 Å². The molecule has 1 aromatic rings. The summed E-state index contributed by atoms with van der Waals surface area (Å²) in [5.74, 6) is -0.356. The molecule has 0 heterocycles. The Labute approximate surface area is 101 Å². The maximum atomic E-state index is 11.5. The van der Waals surface area contributed by atoms with Crippen LogP contribution in [0.3, 0.4) is 0 Å².